The van der Waals surface area contributed by atoms with Crippen LogP contribution in [-0.2, 0) is 4.79 Å². The lowest BCUT2D eigenvalue weighted by atomic mass is 10.2. The molecule has 0 bridgehead atoms. The van der Waals surface area contributed by atoms with Crippen molar-refractivity contribution in [3.05, 3.63) is 64.7 Å². The highest BCUT2D eigenvalue weighted by Crippen LogP contribution is 2.29. The number of hydrogen-bond donors (Lipinski definition) is 0. The average molecular weight is 495 g/mol. The molecule has 2 aromatic carbocycles. The molecule has 0 N–H and O–H groups in total. The molecule has 0 spiro atoms. The summed E-state index contributed by atoms with van der Waals surface area (Å²) >= 11 is 1.61. The molecule has 1 amide bonds. The Morgan fingerprint density at radius 2 is 1.71 bits per heavy atom. The number of amides is 1. The van der Waals surface area contributed by atoms with Gasteiger partial charge in [-0.15, -0.1) is 10.2 Å². The van der Waals surface area contributed by atoms with E-state index in [0.29, 0.717) is 12.2 Å². The third-order valence-corrected chi connectivity index (χ3v) is 7.19. The summed E-state index contributed by atoms with van der Waals surface area (Å²) in [5.41, 5.74) is 1.72. The number of non-ortho nitro benzene ring substituents is 1. The number of benzene rings is 2. The number of unbranched alkanes of at least 4 members (excludes halogenated alkanes) is 1. The smallest absolute Gasteiger partial charge is 0.269 e. The van der Waals surface area contributed by atoms with E-state index in [1.807, 2.05) is 39.8 Å². The first kappa shape index (κ1) is 24.9. The Kier molecular flexibility index (Phi) is 8.49. The number of nitrogens with zero attached hydrogens (tertiary/aromatic N) is 6. The maximum atomic E-state index is 12.5. The van der Waals surface area contributed by atoms with Crippen LogP contribution < -0.4 is 0 Å². The van der Waals surface area contributed by atoms with Gasteiger partial charge in [0, 0.05) is 61.7 Å². The Balaban J connectivity index is 1.37. The second-order valence-corrected chi connectivity index (χ2v) is 9.46. The number of nitro benzene ring substituents is 1. The Labute approximate surface area is 209 Å². The predicted molar refractivity (Wildman–Crippen MR) is 137 cm³/mol. The molecule has 9 nitrogen and oxygen atoms in total. The van der Waals surface area contributed by atoms with Crippen LogP contribution in [0.15, 0.2) is 59.8 Å². The highest BCUT2D eigenvalue weighted by Gasteiger charge is 2.20. The van der Waals surface area contributed by atoms with E-state index in [2.05, 4.69) is 22.0 Å². The molecule has 1 fully saturated rings. The number of para-hydroxylation sites is 1. The molecular formula is C25H30N6O3S. The Bertz CT molecular complexity index is 1130. The second kappa shape index (κ2) is 11.9. The zero-order valence-corrected chi connectivity index (χ0v) is 20.7. The van der Waals surface area contributed by atoms with Gasteiger partial charge in [0.15, 0.2) is 11.0 Å². The summed E-state index contributed by atoms with van der Waals surface area (Å²) in [5, 5.41) is 20.6. The quantitative estimate of drug-likeness (QED) is 0.180. The van der Waals surface area contributed by atoms with Gasteiger partial charge in [0.05, 0.1) is 4.92 Å². The highest BCUT2D eigenvalue weighted by molar-refractivity contribution is 7.99. The van der Waals surface area contributed by atoms with Crippen LogP contribution in [-0.4, -0.2) is 73.9 Å². The van der Waals surface area contributed by atoms with Crippen molar-refractivity contribution in [1.29, 1.82) is 0 Å². The standard InChI is InChI=1S/C25H30N6O3S/c1-2-28-15-17-29(18-16-28)23(32)10-6-7-19-35-25-27-26-24(30(25)21-8-4-3-5-9-21)20-11-13-22(14-12-20)31(33)34/h3-5,8-9,11-14H,2,6-7,10,15-19H2,1H3. The number of rotatable bonds is 10. The van der Waals surface area contributed by atoms with Crippen LogP contribution in [0.2, 0.25) is 0 Å². The lowest BCUT2D eigenvalue weighted by molar-refractivity contribution is -0.384. The molecule has 0 aliphatic carbocycles. The fraction of sp³-hybridized carbons (Fsp3) is 0.400. The van der Waals surface area contributed by atoms with E-state index in [1.165, 1.54) is 12.1 Å². The first-order valence-electron chi connectivity index (χ1n) is 12.0. The van der Waals surface area contributed by atoms with Gasteiger partial charge in [-0.05, 0) is 43.7 Å². The Morgan fingerprint density at radius 3 is 2.37 bits per heavy atom. The predicted octanol–water partition coefficient (Wildman–Crippen LogP) is 4.27. The van der Waals surface area contributed by atoms with Gasteiger partial charge in [0.25, 0.3) is 5.69 Å². The largest absolute Gasteiger partial charge is 0.340 e. The fourth-order valence-corrected chi connectivity index (χ4v) is 5.06. The molecule has 2 heterocycles. The van der Waals surface area contributed by atoms with Gasteiger partial charge in [-0.25, -0.2) is 0 Å². The van der Waals surface area contributed by atoms with Gasteiger partial charge >= 0.3 is 0 Å². The summed E-state index contributed by atoms with van der Waals surface area (Å²) in [6, 6.07) is 16.2. The van der Waals surface area contributed by atoms with Crippen molar-refractivity contribution in [2.45, 2.75) is 31.3 Å². The maximum Gasteiger partial charge on any atom is 0.269 e. The molecule has 1 aliphatic rings. The van der Waals surface area contributed by atoms with Gasteiger partial charge in [0.2, 0.25) is 5.91 Å². The average Bonchev–Trinajstić information content (AvgIpc) is 3.32. The van der Waals surface area contributed by atoms with E-state index < -0.39 is 4.92 Å². The first-order chi connectivity index (χ1) is 17.1. The van der Waals surface area contributed by atoms with Crippen molar-refractivity contribution in [3.8, 4) is 17.1 Å². The number of aromatic nitrogens is 3. The van der Waals surface area contributed by atoms with Crippen molar-refractivity contribution in [1.82, 2.24) is 24.6 Å². The molecule has 4 rings (SSSR count). The third-order valence-electron chi connectivity index (χ3n) is 6.17. The van der Waals surface area contributed by atoms with Gasteiger partial charge in [-0.3, -0.25) is 19.5 Å². The minimum absolute atomic E-state index is 0.0379. The van der Waals surface area contributed by atoms with E-state index in [9.17, 15) is 14.9 Å². The van der Waals surface area contributed by atoms with Crippen molar-refractivity contribution in [2.24, 2.45) is 0 Å². The number of carbonyl (C=O) groups is 1. The fourth-order valence-electron chi connectivity index (χ4n) is 4.11. The summed E-state index contributed by atoms with van der Waals surface area (Å²) in [5.74, 6) is 1.70. The van der Waals surface area contributed by atoms with Crippen LogP contribution >= 0.6 is 11.8 Å². The summed E-state index contributed by atoms with van der Waals surface area (Å²) < 4.78 is 1.98. The summed E-state index contributed by atoms with van der Waals surface area (Å²) in [6.07, 6.45) is 2.32. The number of hydrogen-bond acceptors (Lipinski definition) is 7. The molecule has 10 heteroatoms. The Morgan fingerprint density at radius 1 is 1.00 bits per heavy atom. The summed E-state index contributed by atoms with van der Waals surface area (Å²) in [4.78, 5) is 27.5. The zero-order chi connectivity index (χ0) is 24.6. The normalized spacial score (nSPS) is 14.3. The SMILES string of the molecule is CCN1CCN(C(=O)CCCCSc2nnc(-c3ccc([N+](=O)[O-])cc3)n2-c2ccccc2)CC1. The Hall–Kier alpha value is -3.24. The van der Waals surface area contributed by atoms with Crippen molar-refractivity contribution >= 4 is 23.4 Å². The van der Waals surface area contributed by atoms with Crippen LogP contribution in [0.1, 0.15) is 26.2 Å². The second-order valence-electron chi connectivity index (χ2n) is 8.40. The molecule has 1 aromatic heterocycles. The van der Waals surface area contributed by atoms with E-state index in [1.54, 1.807) is 23.9 Å². The van der Waals surface area contributed by atoms with Crippen molar-refractivity contribution in [3.63, 3.8) is 0 Å². The molecule has 184 valence electrons. The summed E-state index contributed by atoms with van der Waals surface area (Å²) in [7, 11) is 0. The number of likely N-dealkylation sites (N-methyl/N-ethyl adjacent to an activating group) is 1. The van der Waals surface area contributed by atoms with E-state index >= 15 is 0 Å². The number of piperazine rings is 1. The van der Waals surface area contributed by atoms with Crippen molar-refractivity contribution in [2.75, 3.05) is 38.5 Å². The molecule has 3 aromatic rings. The van der Waals surface area contributed by atoms with Crippen LogP contribution in [0.25, 0.3) is 17.1 Å². The molecule has 0 saturated carbocycles. The minimum atomic E-state index is -0.414. The summed E-state index contributed by atoms with van der Waals surface area (Å²) in [6.45, 7) is 6.77. The van der Waals surface area contributed by atoms with Crippen LogP contribution in [0.5, 0.6) is 0 Å². The van der Waals surface area contributed by atoms with E-state index in [0.717, 1.165) is 67.7 Å². The number of nitro groups is 1. The van der Waals surface area contributed by atoms with Crippen molar-refractivity contribution < 1.29 is 9.72 Å². The van der Waals surface area contributed by atoms with Gasteiger partial charge < -0.3 is 9.80 Å². The van der Waals surface area contributed by atoms with Gasteiger partial charge in [-0.2, -0.15) is 0 Å². The molecule has 1 saturated heterocycles. The van der Waals surface area contributed by atoms with Gasteiger partial charge in [-0.1, -0.05) is 36.9 Å². The molecule has 0 atom stereocenters. The number of carbonyl (C=O) groups excluding carboxylic acids is 1. The molecule has 0 radical (unpaired) electrons. The van der Waals surface area contributed by atoms with Gasteiger partial charge in [0.1, 0.15) is 0 Å². The number of thioether (sulfide) groups is 1. The third kappa shape index (κ3) is 6.26. The lowest BCUT2D eigenvalue weighted by Crippen LogP contribution is -2.48. The first-order valence-corrected chi connectivity index (χ1v) is 12.9. The lowest BCUT2D eigenvalue weighted by Gasteiger charge is -2.34. The minimum Gasteiger partial charge on any atom is -0.340 e. The van der Waals surface area contributed by atoms with E-state index in [4.69, 9.17) is 0 Å². The zero-order valence-electron chi connectivity index (χ0n) is 19.9. The highest BCUT2D eigenvalue weighted by atomic mass is 32.2. The molecular weight excluding hydrogens is 464 g/mol. The van der Waals surface area contributed by atoms with Crippen LogP contribution in [0, 0.1) is 10.1 Å². The molecule has 1 aliphatic heterocycles. The van der Waals surface area contributed by atoms with E-state index in [-0.39, 0.29) is 11.6 Å². The monoisotopic (exact) mass is 494 g/mol. The van der Waals surface area contributed by atoms with Crippen LogP contribution in [0.4, 0.5) is 5.69 Å². The van der Waals surface area contributed by atoms with Crippen LogP contribution in [0.3, 0.4) is 0 Å². The molecule has 0 unspecified atom stereocenters. The maximum absolute atomic E-state index is 12.5. The molecule has 35 heavy (non-hydrogen) atoms. The topological polar surface area (TPSA) is 97.4 Å².